The molecule has 0 saturated heterocycles. The molecule has 0 unspecified atom stereocenters. The van der Waals surface area contributed by atoms with E-state index in [9.17, 15) is 9.59 Å². The second-order valence-electron chi connectivity index (χ2n) is 10.5. The molecular formula is C40H30Cl2N4O2. The first-order valence-corrected chi connectivity index (χ1v) is 15.7. The summed E-state index contributed by atoms with van der Waals surface area (Å²) in [5.41, 5.74) is 13.0. The van der Waals surface area contributed by atoms with Crippen LogP contribution in [0.2, 0.25) is 10.3 Å². The topological polar surface area (TPSA) is 98.8 Å². The molecule has 7 aromatic rings. The fourth-order valence-corrected chi connectivity index (χ4v) is 5.10. The van der Waals surface area contributed by atoms with Gasteiger partial charge in [0.1, 0.15) is 10.3 Å². The lowest BCUT2D eigenvalue weighted by atomic mass is 9.98. The Balaban J connectivity index is 0.000000155. The molecule has 236 valence electrons. The van der Waals surface area contributed by atoms with Crippen molar-refractivity contribution >= 4 is 51.9 Å². The smallest absolute Gasteiger partial charge is 0.167 e. The summed E-state index contributed by atoms with van der Waals surface area (Å²) >= 11 is 11.5. The molecule has 48 heavy (non-hydrogen) atoms. The summed E-state index contributed by atoms with van der Waals surface area (Å²) in [4.78, 5) is 34.7. The second kappa shape index (κ2) is 16.7. The van der Waals surface area contributed by atoms with Gasteiger partial charge in [0, 0.05) is 34.1 Å². The van der Waals surface area contributed by atoms with Crippen molar-refractivity contribution in [3.05, 3.63) is 179 Å². The Hall–Kier alpha value is -5.69. The van der Waals surface area contributed by atoms with Gasteiger partial charge >= 0.3 is 0 Å². The summed E-state index contributed by atoms with van der Waals surface area (Å²) in [6.45, 7) is 0. The summed E-state index contributed by atoms with van der Waals surface area (Å²) in [6, 6.07) is 45.1. The van der Waals surface area contributed by atoms with Crippen LogP contribution in [0.1, 0.15) is 26.3 Å². The average molecular weight is 670 g/mol. The first-order chi connectivity index (χ1) is 23.4. The molecule has 7 rings (SSSR count). The van der Waals surface area contributed by atoms with Crippen LogP contribution in [0.5, 0.6) is 0 Å². The third-order valence-electron chi connectivity index (χ3n) is 7.16. The molecular weight excluding hydrogens is 639 g/mol. The van der Waals surface area contributed by atoms with E-state index in [0.29, 0.717) is 29.1 Å². The lowest BCUT2D eigenvalue weighted by Crippen LogP contribution is -2.02. The number of nitrogens with two attached hydrogens (primary N) is 1. The Labute approximate surface area is 288 Å². The maximum Gasteiger partial charge on any atom is 0.167 e. The van der Waals surface area contributed by atoms with Gasteiger partial charge in [-0.05, 0) is 29.3 Å². The molecule has 0 radical (unpaired) electrons. The highest BCUT2D eigenvalue weighted by molar-refractivity contribution is 6.30. The quantitative estimate of drug-likeness (QED) is 0.108. The molecule has 0 saturated carbocycles. The van der Waals surface area contributed by atoms with E-state index in [2.05, 4.69) is 40.3 Å². The van der Waals surface area contributed by atoms with E-state index in [1.54, 1.807) is 6.20 Å². The minimum Gasteiger partial charge on any atom is -0.397 e. The number of halogens is 2. The van der Waals surface area contributed by atoms with E-state index in [1.807, 2.05) is 103 Å². The van der Waals surface area contributed by atoms with E-state index in [1.165, 1.54) is 12.3 Å². The third-order valence-corrected chi connectivity index (χ3v) is 7.58. The number of hydrogen-bond donors (Lipinski definition) is 1. The normalized spacial score (nSPS) is 10.2. The highest BCUT2D eigenvalue weighted by atomic mass is 35.5. The van der Waals surface area contributed by atoms with Crippen molar-refractivity contribution in [2.45, 2.75) is 6.42 Å². The molecule has 8 heteroatoms. The van der Waals surface area contributed by atoms with Crippen LogP contribution in [0.25, 0.3) is 33.3 Å². The number of rotatable bonds is 6. The van der Waals surface area contributed by atoms with Crippen molar-refractivity contribution in [3.8, 4) is 22.4 Å². The summed E-state index contributed by atoms with van der Waals surface area (Å²) in [6.07, 6.45) is 4.19. The van der Waals surface area contributed by atoms with E-state index in [0.717, 1.165) is 44.4 Å². The predicted molar refractivity (Wildman–Crippen MR) is 195 cm³/mol. The van der Waals surface area contributed by atoms with Crippen LogP contribution in [0.3, 0.4) is 0 Å². The molecule has 0 spiro atoms. The zero-order valence-electron chi connectivity index (χ0n) is 25.7. The number of pyridine rings is 3. The van der Waals surface area contributed by atoms with Crippen LogP contribution in [0.15, 0.2) is 152 Å². The lowest BCUT2D eigenvalue weighted by Gasteiger charge is -2.11. The number of aromatic nitrogens is 3. The van der Waals surface area contributed by atoms with Crippen molar-refractivity contribution in [2.24, 2.45) is 0 Å². The number of carbonyl (C=O) groups is 2. The fraction of sp³-hybridized carbons (Fsp3) is 0.0250. The van der Waals surface area contributed by atoms with Gasteiger partial charge in [-0.3, -0.25) is 9.59 Å². The maximum atomic E-state index is 11.8. The Morgan fingerprint density at radius 3 is 1.81 bits per heavy atom. The Kier molecular flexibility index (Phi) is 11.7. The number of anilines is 1. The van der Waals surface area contributed by atoms with E-state index in [4.69, 9.17) is 33.9 Å². The summed E-state index contributed by atoms with van der Waals surface area (Å²) in [5.74, 6) is 0.168. The van der Waals surface area contributed by atoms with Crippen LogP contribution in [0.4, 0.5) is 5.69 Å². The number of hydrogen-bond acceptors (Lipinski definition) is 6. The highest BCUT2D eigenvalue weighted by Crippen LogP contribution is 2.33. The Morgan fingerprint density at radius 1 is 0.667 bits per heavy atom. The molecule has 0 aliphatic heterocycles. The van der Waals surface area contributed by atoms with Gasteiger partial charge in [0.15, 0.2) is 12.1 Å². The molecule has 3 aromatic heterocycles. The molecule has 0 atom stereocenters. The number of carbonyl (C=O) groups excluding carboxylic acids is 2. The Bertz CT molecular complexity index is 2110. The van der Waals surface area contributed by atoms with Gasteiger partial charge < -0.3 is 5.73 Å². The molecule has 0 aliphatic carbocycles. The fourth-order valence-electron chi connectivity index (χ4n) is 4.77. The number of ketones is 1. The van der Waals surface area contributed by atoms with E-state index in [-0.39, 0.29) is 10.9 Å². The van der Waals surface area contributed by atoms with Crippen LogP contribution in [-0.4, -0.2) is 27.0 Å². The van der Waals surface area contributed by atoms with Gasteiger partial charge in [0.05, 0.1) is 29.3 Å². The average Bonchev–Trinajstić information content (AvgIpc) is 3.14. The van der Waals surface area contributed by atoms with Crippen molar-refractivity contribution < 1.29 is 9.59 Å². The van der Waals surface area contributed by atoms with Crippen molar-refractivity contribution in [3.63, 3.8) is 0 Å². The minimum atomic E-state index is 0.168. The van der Waals surface area contributed by atoms with Gasteiger partial charge in [-0.15, -0.1) is 0 Å². The van der Waals surface area contributed by atoms with Crippen molar-refractivity contribution in [1.82, 2.24) is 15.0 Å². The Morgan fingerprint density at radius 2 is 1.21 bits per heavy atom. The largest absolute Gasteiger partial charge is 0.397 e. The lowest BCUT2D eigenvalue weighted by molar-refractivity contribution is 0.0992. The van der Waals surface area contributed by atoms with Crippen molar-refractivity contribution in [1.29, 1.82) is 0 Å². The molecule has 0 aliphatic rings. The van der Waals surface area contributed by atoms with Gasteiger partial charge in [-0.1, -0.05) is 145 Å². The molecule has 4 aromatic carbocycles. The first kappa shape index (κ1) is 33.7. The number of nitrogen functional groups attached to an aromatic ring is 1. The second-order valence-corrected chi connectivity index (χ2v) is 11.3. The van der Waals surface area contributed by atoms with Gasteiger partial charge in [-0.25, -0.2) is 15.0 Å². The SMILES string of the molecule is Clc1cc2cc(-c3ccccc3)c(-c3ccccc3)nc2cn1.Nc1cnc(Cl)cc1C=O.O=C(Cc1ccccc1)c1ccccc1. The third kappa shape index (κ3) is 9.19. The molecule has 2 N–H and O–H groups in total. The van der Waals surface area contributed by atoms with Crippen LogP contribution in [0, 0.1) is 0 Å². The van der Waals surface area contributed by atoms with E-state index >= 15 is 0 Å². The highest BCUT2D eigenvalue weighted by Gasteiger charge is 2.12. The van der Waals surface area contributed by atoms with E-state index < -0.39 is 0 Å². The zero-order chi connectivity index (χ0) is 33.7. The van der Waals surface area contributed by atoms with Crippen LogP contribution >= 0.6 is 23.2 Å². The molecule has 6 nitrogen and oxygen atoms in total. The molecule has 0 amide bonds. The summed E-state index contributed by atoms with van der Waals surface area (Å²) in [7, 11) is 0. The first-order valence-electron chi connectivity index (χ1n) is 15.0. The molecule has 0 bridgehead atoms. The zero-order valence-corrected chi connectivity index (χ0v) is 27.2. The van der Waals surface area contributed by atoms with Crippen LogP contribution in [-0.2, 0) is 6.42 Å². The summed E-state index contributed by atoms with van der Waals surface area (Å²) < 4.78 is 0. The number of Topliss-reactive ketones (excluding diaryl/α,β-unsaturated/α-hetero) is 1. The van der Waals surface area contributed by atoms with Crippen molar-refractivity contribution in [2.75, 3.05) is 5.73 Å². The van der Waals surface area contributed by atoms with Gasteiger partial charge in [-0.2, -0.15) is 0 Å². The predicted octanol–water partition coefficient (Wildman–Crippen LogP) is 9.86. The monoisotopic (exact) mass is 668 g/mol. The maximum absolute atomic E-state index is 11.8. The molecule has 3 heterocycles. The van der Waals surface area contributed by atoms with Gasteiger partial charge in [0.2, 0.25) is 0 Å². The number of fused-ring (bicyclic) bond motifs is 1. The van der Waals surface area contributed by atoms with Crippen LogP contribution < -0.4 is 5.73 Å². The molecule has 0 fully saturated rings. The minimum absolute atomic E-state index is 0.168. The number of benzene rings is 4. The number of aldehydes is 1. The standard InChI is InChI=1S/C20H13ClN2.C14H12O.C6H5ClN2O/c21-19-12-16-11-17(14-7-3-1-4-8-14)20(23-18(16)13-22-19)15-9-5-2-6-10-15;15-14(13-9-5-2-6-10-13)11-12-7-3-1-4-8-12;7-6-1-4(3-10)5(8)2-9-6/h1-13H;1-10H,11H2;1-3H,8H2. The summed E-state index contributed by atoms with van der Waals surface area (Å²) in [5, 5.41) is 1.74. The number of nitrogens with zero attached hydrogens (tertiary/aromatic N) is 3. The van der Waals surface area contributed by atoms with Gasteiger partial charge in [0.25, 0.3) is 0 Å².